The van der Waals surface area contributed by atoms with E-state index in [2.05, 4.69) is 5.32 Å². The zero-order chi connectivity index (χ0) is 20.2. The van der Waals surface area contributed by atoms with Gasteiger partial charge in [0.2, 0.25) is 15.9 Å². The molecule has 8 nitrogen and oxygen atoms in total. The number of anilines is 1. The van der Waals surface area contributed by atoms with E-state index < -0.39 is 20.9 Å². The second-order valence-corrected chi connectivity index (χ2v) is 8.09. The maximum atomic E-state index is 12.2. The predicted octanol–water partition coefficient (Wildman–Crippen LogP) is 2.81. The molecule has 0 unspecified atom stereocenters. The normalized spacial score (nSPS) is 11.7. The first kappa shape index (κ1) is 20.3. The highest BCUT2D eigenvalue weighted by Crippen LogP contribution is 2.22. The van der Waals surface area contributed by atoms with E-state index >= 15 is 0 Å². The highest BCUT2D eigenvalue weighted by molar-refractivity contribution is 7.89. The van der Waals surface area contributed by atoms with Gasteiger partial charge in [0.05, 0.1) is 9.82 Å². The van der Waals surface area contributed by atoms with Crippen molar-refractivity contribution in [3.63, 3.8) is 0 Å². The van der Waals surface area contributed by atoms with Crippen molar-refractivity contribution in [2.75, 3.05) is 19.4 Å². The Labute approximate surface area is 157 Å². The summed E-state index contributed by atoms with van der Waals surface area (Å²) in [5.41, 5.74) is 1.68. The van der Waals surface area contributed by atoms with Crippen LogP contribution in [0.4, 0.5) is 11.4 Å². The van der Waals surface area contributed by atoms with Gasteiger partial charge in [-0.05, 0) is 48.4 Å². The largest absolute Gasteiger partial charge is 0.322 e. The van der Waals surface area contributed by atoms with Gasteiger partial charge >= 0.3 is 0 Å². The van der Waals surface area contributed by atoms with Crippen molar-refractivity contribution in [3.05, 3.63) is 69.8 Å². The number of sulfonamides is 1. The molecule has 9 heteroatoms. The van der Waals surface area contributed by atoms with E-state index in [1.54, 1.807) is 13.0 Å². The lowest BCUT2D eigenvalue weighted by atomic mass is 10.2. The van der Waals surface area contributed by atoms with Gasteiger partial charge < -0.3 is 5.32 Å². The molecular weight excluding hydrogens is 370 g/mol. The maximum Gasteiger partial charge on any atom is 0.269 e. The summed E-state index contributed by atoms with van der Waals surface area (Å²) in [5.74, 6) is -0.448. The van der Waals surface area contributed by atoms with Crippen LogP contribution in [-0.4, -0.2) is 37.6 Å². The van der Waals surface area contributed by atoms with Gasteiger partial charge in [0.1, 0.15) is 0 Å². The number of hydrogen-bond acceptors (Lipinski definition) is 5. The number of non-ortho nitro benzene ring substituents is 1. The second-order valence-electron chi connectivity index (χ2n) is 5.94. The molecular formula is C18H19N3O5S. The molecule has 1 amide bonds. The van der Waals surface area contributed by atoms with E-state index in [4.69, 9.17) is 0 Å². The molecule has 0 fully saturated rings. The fourth-order valence-corrected chi connectivity index (χ4v) is 3.09. The van der Waals surface area contributed by atoms with Crippen LogP contribution < -0.4 is 5.32 Å². The minimum absolute atomic E-state index is 0.0360. The molecule has 0 aliphatic heterocycles. The molecule has 0 saturated heterocycles. The second kappa shape index (κ2) is 8.11. The average Bonchev–Trinajstić information content (AvgIpc) is 2.61. The SMILES string of the molecule is Cc1ccc(S(=O)(=O)N(C)C)cc1NC(=O)/C=C/c1ccc([N+](=O)[O-])cc1. The van der Waals surface area contributed by atoms with Crippen LogP contribution in [0.1, 0.15) is 11.1 Å². The van der Waals surface area contributed by atoms with Crippen LogP contribution in [0.2, 0.25) is 0 Å². The number of nitrogens with zero attached hydrogens (tertiary/aromatic N) is 2. The van der Waals surface area contributed by atoms with Gasteiger partial charge in [-0.2, -0.15) is 0 Å². The van der Waals surface area contributed by atoms with Gasteiger partial charge in [-0.15, -0.1) is 0 Å². The third kappa shape index (κ3) is 4.99. The van der Waals surface area contributed by atoms with Crippen molar-refractivity contribution in [1.82, 2.24) is 4.31 Å². The first-order valence-corrected chi connectivity index (χ1v) is 9.32. The summed E-state index contributed by atoms with van der Waals surface area (Å²) in [5, 5.41) is 13.3. The Morgan fingerprint density at radius 3 is 2.33 bits per heavy atom. The summed E-state index contributed by atoms with van der Waals surface area (Å²) < 4.78 is 25.5. The predicted molar refractivity (Wildman–Crippen MR) is 103 cm³/mol. The Balaban J connectivity index is 2.16. The quantitative estimate of drug-likeness (QED) is 0.464. The van der Waals surface area contributed by atoms with Gasteiger partial charge in [0.15, 0.2) is 0 Å². The molecule has 27 heavy (non-hydrogen) atoms. The topological polar surface area (TPSA) is 110 Å². The highest BCUT2D eigenvalue weighted by Gasteiger charge is 2.18. The van der Waals surface area contributed by atoms with Gasteiger partial charge in [0.25, 0.3) is 5.69 Å². The molecule has 0 atom stereocenters. The third-order valence-corrected chi connectivity index (χ3v) is 5.59. The fraction of sp³-hybridized carbons (Fsp3) is 0.167. The van der Waals surface area contributed by atoms with E-state index in [-0.39, 0.29) is 10.6 Å². The van der Waals surface area contributed by atoms with Crippen LogP contribution in [-0.2, 0) is 14.8 Å². The fourth-order valence-electron chi connectivity index (χ4n) is 2.16. The molecule has 1 N–H and O–H groups in total. The van der Waals surface area contributed by atoms with Gasteiger partial charge in [-0.1, -0.05) is 6.07 Å². The van der Waals surface area contributed by atoms with E-state index in [0.29, 0.717) is 16.8 Å². The van der Waals surface area contributed by atoms with E-state index in [1.807, 2.05) is 0 Å². The number of rotatable bonds is 6. The standard InChI is InChI=1S/C18H19N3O5S/c1-13-4-10-16(27(25,26)20(2)3)12-17(13)19-18(22)11-7-14-5-8-15(9-6-14)21(23)24/h4-12H,1-3H3,(H,19,22)/b11-7+. The van der Waals surface area contributed by atoms with Crippen molar-refractivity contribution in [3.8, 4) is 0 Å². The Morgan fingerprint density at radius 2 is 1.78 bits per heavy atom. The Kier molecular flexibility index (Phi) is 6.09. The Bertz CT molecular complexity index is 996. The highest BCUT2D eigenvalue weighted by atomic mass is 32.2. The number of benzene rings is 2. The van der Waals surface area contributed by atoms with Crippen molar-refractivity contribution in [1.29, 1.82) is 0 Å². The van der Waals surface area contributed by atoms with Crippen molar-refractivity contribution in [2.45, 2.75) is 11.8 Å². The zero-order valence-electron chi connectivity index (χ0n) is 15.0. The number of amides is 1. The zero-order valence-corrected chi connectivity index (χ0v) is 15.9. The van der Waals surface area contributed by atoms with Crippen LogP contribution in [0.5, 0.6) is 0 Å². The summed E-state index contributed by atoms with van der Waals surface area (Å²) in [4.78, 5) is 22.3. The van der Waals surface area contributed by atoms with E-state index in [9.17, 15) is 23.3 Å². The lowest BCUT2D eigenvalue weighted by Gasteiger charge is -2.14. The summed E-state index contributed by atoms with van der Waals surface area (Å²) in [6.45, 7) is 1.75. The average molecular weight is 389 g/mol. The van der Waals surface area contributed by atoms with Gasteiger partial charge in [-0.3, -0.25) is 14.9 Å². The lowest BCUT2D eigenvalue weighted by molar-refractivity contribution is -0.384. The summed E-state index contributed by atoms with van der Waals surface area (Å²) >= 11 is 0. The molecule has 0 heterocycles. The van der Waals surface area contributed by atoms with Crippen LogP contribution in [0.3, 0.4) is 0 Å². The van der Waals surface area contributed by atoms with Crippen LogP contribution in [0, 0.1) is 17.0 Å². The molecule has 0 bridgehead atoms. The molecule has 0 aliphatic carbocycles. The number of carbonyl (C=O) groups is 1. The lowest BCUT2D eigenvalue weighted by Crippen LogP contribution is -2.22. The summed E-state index contributed by atoms with van der Waals surface area (Å²) in [7, 11) is -0.747. The first-order chi connectivity index (χ1) is 12.6. The van der Waals surface area contributed by atoms with Crippen LogP contribution in [0.25, 0.3) is 6.08 Å². The third-order valence-electron chi connectivity index (χ3n) is 3.78. The van der Waals surface area contributed by atoms with E-state index in [0.717, 1.165) is 4.31 Å². The molecule has 2 aromatic carbocycles. The van der Waals surface area contributed by atoms with E-state index in [1.165, 1.54) is 62.6 Å². The molecule has 0 radical (unpaired) electrons. The smallest absolute Gasteiger partial charge is 0.269 e. The van der Waals surface area contributed by atoms with Crippen molar-refractivity contribution in [2.24, 2.45) is 0 Å². The number of nitrogens with one attached hydrogen (secondary N) is 1. The molecule has 0 saturated carbocycles. The number of carbonyl (C=O) groups excluding carboxylic acids is 1. The number of nitro benzene ring substituents is 1. The first-order valence-electron chi connectivity index (χ1n) is 7.88. The Hall–Kier alpha value is -3.04. The molecule has 0 aromatic heterocycles. The van der Waals surface area contributed by atoms with Gasteiger partial charge in [0, 0.05) is 38.0 Å². The molecule has 0 aliphatic rings. The van der Waals surface area contributed by atoms with Crippen LogP contribution >= 0.6 is 0 Å². The van der Waals surface area contributed by atoms with Crippen LogP contribution in [0.15, 0.2) is 53.4 Å². The van der Waals surface area contributed by atoms with Crippen molar-refractivity contribution >= 4 is 33.4 Å². The van der Waals surface area contributed by atoms with Crippen molar-refractivity contribution < 1.29 is 18.1 Å². The summed E-state index contributed by atoms with van der Waals surface area (Å²) in [6.07, 6.45) is 2.78. The summed E-state index contributed by atoms with van der Waals surface area (Å²) in [6, 6.07) is 10.2. The number of aryl methyl sites for hydroxylation is 1. The molecule has 2 aromatic rings. The molecule has 0 spiro atoms. The Morgan fingerprint density at radius 1 is 1.15 bits per heavy atom. The minimum atomic E-state index is -3.61. The molecule has 142 valence electrons. The molecule has 2 rings (SSSR count). The maximum absolute atomic E-state index is 12.2. The minimum Gasteiger partial charge on any atom is -0.322 e. The number of hydrogen-bond donors (Lipinski definition) is 1. The number of nitro groups is 1. The van der Waals surface area contributed by atoms with Gasteiger partial charge in [-0.25, -0.2) is 12.7 Å². The monoisotopic (exact) mass is 389 g/mol.